The Morgan fingerprint density at radius 2 is 1.83 bits per heavy atom. The molecule has 0 saturated carbocycles. The first-order valence-corrected chi connectivity index (χ1v) is 11.7. The van der Waals surface area contributed by atoms with Gasteiger partial charge in [-0.3, -0.25) is 19.3 Å². The maximum Gasteiger partial charge on any atom is 0.293 e. The number of carbonyl (C=O) groups excluding carboxylic acids is 3. The number of nitrogens with two attached hydrogens (primary N) is 1. The first kappa shape index (κ1) is 24.6. The third-order valence-electron chi connectivity index (χ3n) is 5.97. The van der Waals surface area contributed by atoms with E-state index in [0.717, 1.165) is 6.42 Å². The van der Waals surface area contributed by atoms with Crippen molar-refractivity contribution in [3.8, 4) is 0 Å². The fourth-order valence-corrected chi connectivity index (χ4v) is 4.22. The lowest BCUT2D eigenvalue weighted by molar-refractivity contribution is -0.256. The molecular weight excluding hydrogens is 455 g/mol. The highest BCUT2D eigenvalue weighted by molar-refractivity contribution is 6.09. The SMILES string of the molecule is Nc1ccccc1NC(=O)CCCCCNC(=O)CN1C(=O)C2(OCCCO2)c2cc(F)ccc21. The highest BCUT2D eigenvalue weighted by Crippen LogP contribution is 2.45. The molecule has 0 atom stereocenters. The van der Waals surface area contributed by atoms with Crippen LogP contribution in [0.4, 0.5) is 21.5 Å². The lowest BCUT2D eigenvalue weighted by atomic mass is 10.1. The van der Waals surface area contributed by atoms with Gasteiger partial charge >= 0.3 is 0 Å². The van der Waals surface area contributed by atoms with Crippen LogP contribution in [0.3, 0.4) is 0 Å². The second kappa shape index (κ2) is 10.8. The lowest BCUT2D eigenvalue weighted by Crippen LogP contribution is -2.49. The maximum atomic E-state index is 13.9. The molecule has 1 spiro atoms. The van der Waals surface area contributed by atoms with Crippen LogP contribution >= 0.6 is 0 Å². The van der Waals surface area contributed by atoms with Gasteiger partial charge in [0.2, 0.25) is 11.8 Å². The van der Waals surface area contributed by atoms with Crippen molar-refractivity contribution < 1.29 is 28.2 Å². The highest BCUT2D eigenvalue weighted by Gasteiger charge is 2.55. The number of halogens is 1. The molecule has 0 radical (unpaired) electrons. The average molecular weight is 485 g/mol. The molecule has 1 saturated heterocycles. The van der Waals surface area contributed by atoms with E-state index >= 15 is 0 Å². The van der Waals surface area contributed by atoms with E-state index in [1.165, 1.54) is 23.1 Å². The number of unbranched alkanes of at least 4 members (excludes halogenated alkanes) is 2. The summed E-state index contributed by atoms with van der Waals surface area (Å²) in [5, 5.41) is 5.58. The molecule has 3 amide bonds. The fourth-order valence-electron chi connectivity index (χ4n) is 4.22. The van der Waals surface area contributed by atoms with Crippen molar-refractivity contribution in [1.82, 2.24) is 5.32 Å². The largest absolute Gasteiger partial charge is 0.397 e. The zero-order valence-corrected chi connectivity index (χ0v) is 19.3. The third kappa shape index (κ3) is 5.44. The molecule has 2 aliphatic heterocycles. The molecule has 186 valence electrons. The van der Waals surface area contributed by atoms with Gasteiger partial charge in [-0.25, -0.2) is 4.39 Å². The summed E-state index contributed by atoms with van der Waals surface area (Å²) in [7, 11) is 0. The number of nitrogen functional groups attached to an aromatic ring is 1. The maximum absolute atomic E-state index is 13.9. The van der Waals surface area contributed by atoms with E-state index in [4.69, 9.17) is 15.2 Å². The van der Waals surface area contributed by atoms with Crippen molar-refractivity contribution >= 4 is 34.8 Å². The molecule has 4 N–H and O–H groups in total. The summed E-state index contributed by atoms with van der Waals surface area (Å²) in [6, 6.07) is 11.0. The molecule has 2 aliphatic rings. The summed E-state index contributed by atoms with van der Waals surface area (Å²) in [6.07, 6.45) is 3.06. The summed E-state index contributed by atoms with van der Waals surface area (Å²) in [4.78, 5) is 39.0. The van der Waals surface area contributed by atoms with Crippen LogP contribution in [0, 0.1) is 5.82 Å². The van der Waals surface area contributed by atoms with Crippen LogP contribution in [-0.4, -0.2) is 44.0 Å². The number of ether oxygens (including phenoxy) is 2. The minimum absolute atomic E-state index is 0.115. The Morgan fingerprint density at radius 1 is 1.06 bits per heavy atom. The number of rotatable bonds is 9. The van der Waals surface area contributed by atoms with Gasteiger partial charge in [0, 0.05) is 18.5 Å². The summed E-state index contributed by atoms with van der Waals surface area (Å²) >= 11 is 0. The van der Waals surface area contributed by atoms with Crippen LogP contribution in [0.2, 0.25) is 0 Å². The Morgan fingerprint density at radius 3 is 2.60 bits per heavy atom. The second-order valence-electron chi connectivity index (χ2n) is 8.52. The van der Waals surface area contributed by atoms with Crippen LogP contribution in [0.25, 0.3) is 0 Å². The van der Waals surface area contributed by atoms with E-state index in [0.29, 0.717) is 62.5 Å². The second-order valence-corrected chi connectivity index (χ2v) is 8.52. The quantitative estimate of drug-likeness (QED) is 0.372. The molecule has 0 bridgehead atoms. The lowest BCUT2D eigenvalue weighted by Gasteiger charge is -2.32. The standard InChI is InChI=1S/C25H29FN4O5/c26-17-10-11-21-18(15-17)25(34-13-6-14-35-25)24(33)30(21)16-23(32)28-12-5-1-2-9-22(31)29-20-8-4-3-7-19(20)27/h3-4,7-8,10-11,15H,1-2,5-6,9,12-14,16,27H2,(H,28,32)(H,29,31). The number of anilines is 3. The van der Waals surface area contributed by atoms with Crippen molar-refractivity contribution in [3.63, 3.8) is 0 Å². The number of amides is 3. The number of fused-ring (bicyclic) bond motifs is 2. The summed E-state index contributed by atoms with van der Waals surface area (Å²) in [5.74, 6) is -3.20. The first-order valence-electron chi connectivity index (χ1n) is 11.7. The topological polar surface area (TPSA) is 123 Å². The van der Waals surface area contributed by atoms with Gasteiger partial charge in [-0.05, 0) is 49.6 Å². The highest BCUT2D eigenvalue weighted by atomic mass is 19.1. The fraction of sp³-hybridized carbons (Fsp3) is 0.400. The zero-order chi connectivity index (χ0) is 24.8. The number of carbonyl (C=O) groups is 3. The molecule has 1 fully saturated rings. The van der Waals surface area contributed by atoms with Gasteiger partial charge in [-0.2, -0.15) is 0 Å². The molecule has 2 aromatic carbocycles. The number of hydrogen-bond acceptors (Lipinski definition) is 6. The van der Waals surface area contributed by atoms with E-state index in [1.54, 1.807) is 24.3 Å². The summed E-state index contributed by atoms with van der Waals surface area (Å²) < 4.78 is 25.2. The Hall–Kier alpha value is -3.50. The predicted molar refractivity (Wildman–Crippen MR) is 128 cm³/mol. The number of nitrogens with zero attached hydrogens (tertiary/aromatic N) is 1. The molecule has 4 rings (SSSR count). The predicted octanol–water partition coefficient (Wildman–Crippen LogP) is 2.66. The zero-order valence-electron chi connectivity index (χ0n) is 19.3. The normalized spacial score (nSPS) is 16.3. The van der Waals surface area contributed by atoms with E-state index in [9.17, 15) is 18.8 Å². The van der Waals surface area contributed by atoms with Gasteiger partial charge in [-0.15, -0.1) is 0 Å². The molecule has 0 unspecified atom stereocenters. The number of benzene rings is 2. The molecule has 0 aromatic heterocycles. The smallest absolute Gasteiger partial charge is 0.293 e. The van der Waals surface area contributed by atoms with E-state index in [2.05, 4.69) is 10.6 Å². The van der Waals surface area contributed by atoms with Gasteiger partial charge in [0.15, 0.2) is 0 Å². The van der Waals surface area contributed by atoms with Gasteiger partial charge < -0.3 is 25.8 Å². The van der Waals surface area contributed by atoms with Crippen LogP contribution in [-0.2, 0) is 29.6 Å². The number of para-hydroxylation sites is 2. The molecule has 2 heterocycles. The Bertz CT molecular complexity index is 1100. The van der Waals surface area contributed by atoms with Crippen LogP contribution < -0.4 is 21.3 Å². The molecule has 0 aliphatic carbocycles. The van der Waals surface area contributed by atoms with Crippen LogP contribution in [0.1, 0.15) is 37.7 Å². The summed E-state index contributed by atoms with van der Waals surface area (Å²) in [5.41, 5.74) is 7.61. The van der Waals surface area contributed by atoms with E-state index in [-0.39, 0.29) is 23.9 Å². The monoisotopic (exact) mass is 484 g/mol. The first-order chi connectivity index (χ1) is 16.9. The van der Waals surface area contributed by atoms with Gasteiger partial charge in [0.25, 0.3) is 11.7 Å². The van der Waals surface area contributed by atoms with Crippen molar-refractivity contribution in [2.75, 3.05) is 42.3 Å². The molecule has 9 nitrogen and oxygen atoms in total. The van der Waals surface area contributed by atoms with Crippen molar-refractivity contribution in [1.29, 1.82) is 0 Å². The molecular formula is C25H29FN4O5. The number of nitrogens with one attached hydrogen (secondary N) is 2. The minimum Gasteiger partial charge on any atom is -0.397 e. The van der Waals surface area contributed by atoms with Crippen LogP contribution in [0.15, 0.2) is 42.5 Å². The Kier molecular flexibility index (Phi) is 7.62. The molecule has 2 aromatic rings. The average Bonchev–Trinajstić information content (AvgIpc) is 3.05. The van der Waals surface area contributed by atoms with Crippen molar-refractivity contribution in [3.05, 3.63) is 53.8 Å². The number of hydrogen-bond donors (Lipinski definition) is 3. The van der Waals surface area contributed by atoms with Crippen LogP contribution in [0.5, 0.6) is 0 Å². The molecule has 35 heavy (non-hydrogen) atoms. The Labute approximate surface area is 202 Å². The van der Waals surface area contributed by atoms with E-state index < -0.39 is 17.5 Å². The van der Waals surface area contributed by atoms with E-state index in [1.807, 2.05) is 0 Å². The Balaban J connectivity index is 1.22. The minimum atomic E-state index is -1.69. The van der Waals surface area contributed by atoms with Crippen molar-refractivity contribution in [2.24, 2.45) is 0 Å². The molecule has 10 heteroatoms. The van der Waals surface area contributed by atoms with Gasteiger partial charge in [0.05, 0.1) is 30.3 Å². The van der Waals surface area contributed by atoms with Gasteiger partial charge in [-0.1, -0.05) is 18.6 Å². The summed E-state index contributed by atoms with van der Waals surface area (Å²) in [6.45, 7) is 0.784. The third-order valence-corrected chi connectivity index (χ3v) is 5.97. The van der Waals surface area contributed by atoms with Crippen molar-refractivity contribution in [2.45, 2.75) is 37.9 Å². The van der Waals surface area contributed by atoms with Gasteiger partial charge in [0.1, 0.15) is 12.4 Å².